The molecule has 0 saturated heterocycles. The Labute approximate surface area is 125 Å². The summed E-state index contributed by atoms with van der Waals surface area (Å²) in [6, 6.07) is 3.51. The number of aromatic nitrogens is 1. The van der Waals surface area contributed by atoms with E-state index in [1.807, 2.05) is 0 Å². The van der Waals surface area contributed by atoms with Gasteiger partial charge in [-0.05, 0) is 37.3 Å². The van der Waals surface area contributed by atoms with Crippen LogP contribution in [0.3, 0.4) is 0 Å². The first kappa shape index (κ1) is 15.6. The Morgan fingerprint density at radius 3 is 2.81 bits per heavy atom. The molecule has 2 rings (SSSR count). The molecule has 1 aromatic heterocycles. The minimum atomic E-state index is -0.787. The highest BCUT2D eigenvalue weighted by Crippen LogP contribution is 2.29. The van der Waals surface area contributed by atoms with Crippen molar-refractivity contribution in [2.75, 3.05) is 0 Å². The number of rotatable bonds is 4. The van der Waals surface area contributed by atoms with Gasteiger partial charge in [0.15, 0.2) is 6.10 Å². The number of carbonyl (C=O) groups excluding carboxylic acids is 2. The van der Waals surface area contributed by atoms with Gasteiger partial charge in [0.05, 0.1) is 0 Å². The summed E-state index contributed by atoms with van der Waals surface area (Å²) in [7, 11) is 0. The fraction of sp³-hybridized carbons (Fsp3) is 0.625. The lowest BCUT2D eigenvalue weighted by Crippen LogP contribution is -2.47. The van der Waals surface area contributed by atoms with E-state index in [1.165, 1.54) is 6.42 Å². The van der Waals surface area contributed by atoms with Gasteiger partial charge in [0.25, 0.3) is 5.91 Å². The number of hydrogen-bond acceptors (Lipinski definition) is 3. The lowest BCUT2D eigenvalue weighted by molar-refractivity contribution is -0.130. The van der Waals surface area contributed by atoms with Crippen molar-refractivity contribution < 1.29 is 14.3 Å². The van der Waals surface area contributed by atoms with Crippen molar-refractivity contribution in [3.63, 3.8) is 0 Å². The zero-order chi connectivity index (χ0) is 15.4. The number of esters is 1. The van der Waals surface area contributed by atoms with Gasteiger partial charge < -0.3 is 15.0 Å². The van der Waals surface area contributed by atoms with E-state index >= 15 is 0 Å². The lowest BCUT2D eigenvalue weighted by atomic mass is 9.78. The molecular formula is C16H24N2O3. The van der Waals surface area contributed by atoms with Gasteiger partial charge in [-0.2, -0.15) is 0 Å². The van der Waals surface area contributed by atoms with Crippen LogP contribution in [0.1, 0.15) is 50.5 Å². The van der Waals surface area contributed by atoms with E-state index in [1.54, 1.807) is 25.3 Å². The molecule has 1 aromatic rings. The fourth-order valence-electron chi connectivity index (χ4n) is 2.82. The third-order valence-electron chi connectivity index (χ3n) is 4.51. The summed E-state index contributed by atoms with van der Waals surface area (Å²) >= 11 is 0. The van der Waals surface area contributed by atoms with Crippen LogP contribution >= 0.6 is 0 Å². The van der Waals surface area contributed by atoms with E-state index < -0.39 is 12.1 Å². The SMILES string of the molecule is C[C@@H]1[C@H](C)CCC[C@@H]1NC(=O)[C@@H](C)OC(=O)c1ccc[nH]1. The van der Waals surface area contributed by atoms with Gasteiger partial charge in [0.2, 0.25) is 0 Å². The predicted octanol–water partition coefficient (Wildman–Crippen LogP) is 2.50. The maximum atomic E-state index is 12.2. The maximum absolute atomic E-state index is 12.2. The largest absolute Gasteiger partial charge is 0.448 e. The predicted molar refractivity (Wildman–Crippen MR) is 79.8 cm³/mol. The highest BCUT2D eigenvalue weighted by Gasteiger charge is 2.30. The standard InChI is InChI=1S/C16H24N2O3/c1-10-6-4-7-13(11(10)2)18-15(19)12(3)21-16(20)14-8-5-9-17-14/h5,8-13,17H,4,6-7H2,1-3H3,(H,18,19)/t10-,11-,12-,13+/m1/s1. The average molecular weight is 292 g/mol. The summed E-state index contributed by atoms with van der Waals surface area (Å²) in [4.78, 5) is 26.7. The molecule has 0 unspecified atom stereocenters. The second kappa shape index (κ2) is 6.78. The third kappa shape index (κ3) is 3.86. The van der Waals surface area contributed by atoms with Crippen molar-refractivity contribution in [1.82, 2.24) is 10.3 Å². The van der Waals surface area contributed by atoms with Crippen LogP contribution in [-0.4, -0.2) is 29.0 Å². The van der Waals surface area contributed by atoms with Crippen LogP contribution in [0.4, 0.5) is 0 Å². The van der Waals surface area contributed by atoms with Crippen molar-refractivity contribution in [3.8, 4) is 0 Å². The van der Waals surface area contributed by atoms with Crippen molar-refractivity contribution in [2.24, 2.45) is 11.8 Å². The van der Waals surface area contributed by atoms with Crippen LogP contribution in [-0.2, 0) is 9.53 Å². The first-order valence-electron chi connectivity index (χ1n) is 7.63. The van der Waals surface area contributed by atoms with E-state index in [-0.39, 0.29) is 11.9 Å². The van der Waals surface area contributed by atoms with Crippen LogP contribution in [0.5, 0.6) is 0 Å². The molecule has 21 heavy (non-hydrogen) atoms. The highest BCUT2D eigenvalue weighted by molar-refractivity contribution is 5.90. The van der Waals surface area contributed by atoms with E-state index in [4.69, 9.17) is 4.74 Å². The molecule has 1 aliphatic carbocycles. The summed E-state index contributed by atoms with van der Waals surface area (Å²) in [6.45, 7) is 6.00. The van der Waals surface area contributed by atoms with E-state index in [0.717, 1.165) is 12.8 Å². The second-order valence-electron chi connectivity index (χ2n) is 6.01. The van der Waals surface area contributed by atoms with Crippen LogP contribution < -0.4 is 5.32 Å². The summed E-state index contributed by atoms with van der Waals surface area (Å²) in [6.07, 6.45) is 4.20. The van der Waals surface area contributed by atoms with E-state index in [2.05, 4.69) is 24.1 Å². The third-order valence-corrected chi connectivity index (χ3v) is 4.51. The van der Waals surface area contributed by atoms with Gasteiger partial charge in [-0.3, -0.25) is 4.79 Å². The summed E-state index contributed by atoms with van der Waals surface area (Å²) in [5.74, 6) is 0.336. The highest BCUT2D eigenvalue weighted by atomic mass is 16.5. The first-order chi connectivity index (χ1) is 9.99. The molecule has 116 valence electrons. The molecule has 1 aliphatic rings. The summed E-state index contributed by atoms with van der Waals surface area (Å²) < 4.78 is 5.18. The Bertz CT molecular complexity index is 484. The van der Waals surface area contributed by atoms with Crippen molar-refractivity contribution >= 4 is 11.9 Å². The summed E-state index contributed by atoms with van der Waals surface area (Å²) in [5.41, 5.74) is 0.356. The minimum absolute atomic E-state index is 0.174. The molecule has 0 aliphatic heterocycles. The van der Waals surface area contributed by atoms with Gasteiger partial charge in [-0.25, -0.2) is 4.79 Å². The zero-order valence-electron chi connectivity index (χ0n) is 12.9. The van der Waals surface area contributed by atoms with Crippen molar-refractivity contribution in [3.05, 3.63) is 24.0 Å². The number of aromatic amines is 1. The monoisotopic (exact) mass is 292 g/mol. The van der Waals surface area contributed by atoms with Gasteiger partial charge in [0, 0.05) is 12.2 Å². The smallest absolute Gasteiger partial charge is 0.355 e. The molecule has 5 nitrogen and oxygen atoms in total. The Kier molecular flexibility index (Phi) is 5.04. The molecule has 0 bridgehead atoms. The van der Waals surface area contributed by atoms with Crippen LogP contribution in [0.25, 0.3) is 0 Å². The molecule has 2 N–H and O–H groups in total. The van der Waals surface area contributed by atoms with Gasteiger partial charge >= 0.3 is 5.97 Å². The van der Waals surface area contributed by atoms with Gasteiger partial charge in [-0.1, -0.05) is 26.7 Å². The van der Waals surface area contributed by atoms with Crippen molar-refractivity contribution in [1.29, 1.82) is 0 Å². The number of carbonyl (C=O) groups is 2. The minimum Gasteiger partial charge on any atom is -0.448 e. The zero-order valence-corrected chi connectivity index (χ0v) is 12.9. The van der Waals surface area contributed by atoms with Crippen LogP contribution in [0.2, 0.25) is 0 Å². The number of hydrogen-bond donors (Lipinski definition) is 2. The number of nitrogens with one attached hydrogen (secondary N) is 2. The molecule has 1 heterocycles. The fourth-order valence-corrected chi connectivity index (χ4v) is 2.82. The quantitative estimate of drug-likeness (QED) is 0.838. The number of amides is 1. The topological polar surface area (TPSA) is 71.2 Å². The normalized spacial score (nSPS) is 26.9. The molecule has 0 aromatic carbocycles. The lowest BCUT2D eigenvalue weighted by Gasteiger charge is -2.35. The van der Waals surface area contributed by atoms with Crippen molar-refractivity contribution in [2.45, 2.75) is 52.2 Å². The molecule has 1 amide bonds. The first-order valence-corrected chi connectivity index (χ1v) is 7.63. The number of H-pyrrole nitrogens is 1. The van der Waals surface area contributed by atoms with Gasteiger partial charge in [-0.15, -0.1) is 0 Å². The summed E-state index contributed by atoms with van der Waals surface area (Å²) in [5, 5.41) is 3.02. The Balaban J connectivity index is 1.86. The molecule has 1 fully saturated rings. The molecule has 0 spiro atoms. The molecule has 5 heteroatoms. The second-order valence-corrected chi connectivity index (χ2v) is 6.01. The molecule has 1 saturated carbocycles. The molecule has 0 radical (unpaired) electrons. The molecule has 4 atom stereocenters. The Morgan fingerprint density at radius 2 is 2.14 bits per heavy atom. The van der Waals surface area contributed by atoms with Gasteiger partial charge in [0.1, 0.15) is 5.69 Å². The number of ether oxygens (including phenoxy) is 1. The Hall–Kier alpha value is -1.78. The average Bonchev–Trinajstić information content (AvgIpc) is 2.98. The van der Waals surface area contributed by atoms with E-state index in [0.29, 0.717) is 17.5 Å². The molecular weight excluding hydrogens is 268 g/mol. The van der Waals surface area contributed by atoms with Crippen LogP contribution in [0.15, 0.2) is 18.3 Å². The van der Waals surface area contributed by atoms with Crippen LogP contribution in [0, 0.1) is 11.8 Å². The van der Waals surface area contributed by atoms with E-state index in [9.17, 15) is 9.59 Å². The Morgan fingerprint density at radius 1 is 1.38 bits per heavy atom. The maximum Gasteiger partial charge on any atom is 0.355 e.